The summed E-state index contributed by atoms with van der Waals surface area (Å²) >= 11 is 8.78. The SMILES string of the molecule is Cc1nsc(NCCc2ccc(Cl)s2)c1C#N. The van der Waals surface area contributed by atoms with Crippen LogP contribution in [-0.2, 0) is 6.42 Å². The fourth-order valence-corrected chi connectivity index (χ4v) is 3.27. The van der Waals surface area contributed by atoms with Crippen LogP contribution in [0.1, 0.15) is 16.1 Å². The second-order valence-corrected chi connectivity index (χ2v) is 6.04. The Balaban J connectivity index is 1.92. The number of hydrogen-bond acceptors (Lipinski definition) is 5. The second kappa shape index (κ2) is 5.50. The molecule has 0 bridgehead atoms. The minimum Gasteiger partial charge on any atom is -0.374 e. The quantitative estimate of drug-likeness (QED) is 0.931. The van der Waals surface area contributed by atoms with Gasteiger partial charge in [-0.25, -0.2) is 0 Å². The van der Waals surface area contributed by atoms with Crippen molar-refractivity contribution in [1.82, 2.24) is 4.37 Å². The van der Waals surface area contributed by atoms with Gasteiger partial charge in [-0.15, -0.1) is 11.3 Å². The number of anilines is 1. The van der Waals surface area contributed by atoms with Crippen molar-refractivity contribution in [2.24, 2.45) is 0 Å². The highest BCUT2D eigenvalue weighted by atomic mass is 35.5. The maximum atomic E-state index is 8.97. The summed E-state index contributed by atoms with van der Waals surface area (Å²) in [5, 5.41) is 13.1. The lowest BCUT2D eigenvalue weighted by Crippen LogP contribution is -2.03. The Hall–Kier alpha value is -1.09. The Morgan fingerprint density at radius 1 is 1.53 bits per heavy atom. The highest BCUT2D eigenvalue weighted by molar-refractivity contribution is 7.16. The van der Waals surface area contributed by atoms with Gasteiger partial charge in [0.05, 0.1) is 10.0 Å². The fourth-order valence-electron chi connectivity index (χ4n) is 1.41. The summed E-state index contributed by atoms with van der Waals surface area (Å²) in [7, 11) is 0. The average molecular weight is 284 g/mol. The van der Waals surface area contributed by atoms with Crippen molar-refractivity contribution in [2.45, 2.75) is 13.3 Å². The molecule has 2 aromatic rings. The number of aryl methyl sites for hydroxylation is 1. The number of halogens is 1. The predicted octanol–water partition coefficient (Wildman–Crippen LogP) is 3.69. The molecule has 0 aliphatic carbocycles. The van der Waals surface area contributed by atoms with Gasteiger partial charge in [0.1, 0.15) is 16.6 Å². The van der Waals surface area contributed by atoms with Gasteiger partial charge in [-0.3, -0.25) is 0 Å². The molecule has 0 unspecified atom stereocenters. The third-order valence-corrected chi connectivity index (χ3v) is 4.45. The van der Waals surface area contributed by atoms with Crippen molar-refractivity contribution >= 4 is 39.5 Å². The van der Waals surface area contributed by atoms with Gasteiger partial charge < -0.3 is 5.32 Å². The molecule has 0 amide bonds. The number of hydrogen-bond donors (Lipinski definition) is 1. The maximum Gasteiger partial charge on any atom is 0.127 e. The molecule has 1 N–H and O–H groups in total. The first-order valence-corrected chi connectivity index (χ1v) is 7.02. The van der Waals surface area contributed by atoms with Gasteiger partial charge in [-0.2, -0.15) is 9.64 Å². The van der Waals surface area contributed by atoms with Crippen molar-refractivity contribution in [3.8, 4) is 6.07 Å². The van der Waals surface area contributed by atoms with Crippen molar-refractivity contribution < 1.29 is 0 Å². The smallest absolute Gasteiger partial charge is 0.127 e. The first-order valence-electron chi connectivity index (χ1n) is 5.05. The van der Waals surface area contributed by atoms with Gasteiger partial charge in [-0.1, -0.05) is 11.6 Å². The summed E-state index contributed by atoms with van der Waals surface area (Å²) in [6.45, 7) is 2.63. The molecule has 0 radical (unpaired) electrons. The number of nitrogens with one attached hydrogen (secondary N) is 1. The van der Waals surface area contributed by atoms with E-state index in [-0.39, 0.29) is 0 Å². The number of aromatic nitrogens is 1. The van der Waals surface area contributed by atoms with E-state index in [0.717, 1.165) is 28.0 Å². The Labute approximate surface area is 113 Å². The molecule has 0 atom stereocenters. The zero-order chi connectivity index (χ0) is 12.3. The highest BCUT2D eigenvalue weighted by Crippen LogP contribution is 2.24. The second-order valence-electron chi connectivity index (χ2n) is 3.47. The molecular weight excluding hydrogens is 274 g/mol. The van der Waals surface area contributed by atoms with Gasteiger partial charge in [0.15, 0.2) is 0 Å². The molecule has 0 aliphatic heterocycles. The summed E-state index contributed by atoms with van der Waals surface area (Å²) in [5.41, 5.74) is 1.44. The van der Waals surface area contributed by atoms with Crippen LogP contribution in [0.2, 0.25) is 4.34 Å². The van der Waals surface area contributed by atoms with Gasteiger partial charge in [-0.05, 0) is 37.0 Å². The lowest BCUT2D eigenvalue weighted by molar-refractivity contribution is 1.05. The van der Waals surface area contributed by atoms with Crippen molar-refractivity contribution in [3.05, 3.63) is 32.6 Å². The summed E-state index contributed by atoms with van der Waals surface area (Å²) in [5.74, 6) is 0. The maximum absolute atomic E-state index is 8.97. The van der Waals surface area contributed by atoms with E-state index in [1.165, 1.54) is 16.4 Å². The minimum atomic E-state index is 0.652. The van der Waals surface area contributed by atoms with E-state index in [1.807, 2.05) is 19.1 Å². The average Bonchev–Trinajstić information content (AvgIpc) is 2.86. The summed E-state index contributed by atoms with van der Waals surface area (Å²) < 4.78 is 4.97. The van der Waals surface area contributed by atoms with E-state index >= 15 is 0 Å². The molecule has 0 fully saturated rings. The van der Waals surface area contributed by atoms with E-state index in [0.29, 0.717) is 5.56 Å². The molecule has 0 spiro atoms. The molecule has 2 heterocycles. The zero-order valence-electron chi connectivity index (χ0n) is 9.16. The first-order chi connectivity index (χ1) is 8.20. The van der Waals surface area contributed by atoms with Crippen molar-refractivity contribution in [2.75, 3.05) is 11.9 Å². The van der Waals surface area contributed by atoms with Crippen LogP contribution in [0.3, 0.4) is 0 Å². The van der Waals surface area contributed by atoms with Crippen molar-refractivity contribution in [1.29, 1.82) is 5.26 Å². The molecule has 3 nitrogen and oxygen atoms in total. The third-order valence-electron chi connectivity index (χ3n) is 2.26. The number of rotatable bonds is 4. The van der Waals surface area contributed by atoms with E-state index in [1.54, 1.807) is 11.3 Å². The summed E-state index contributed by atoms with van der Waals surface area (Å²) in [6, 6.07) is 6.09. The van der Waals surface area contributed by atoms with E-state index < -0.39 is 0 Å². The van der Waals surface area contributed by atoms with Gasteiger partial charge >= 0.3 is 0 Å². The Bertz CT molecular complexity index is 553. The Kier molecular flexibility index (Phi) is 4.00. The molecule has 2 rings (SSSR count). The molecule has 0 aromatic carbocycles. The Morgan fingerprint density at radius 3 is 3.00 bits per heavy atom. The standard InChI is InChI=1S/C11H10ClN3S2/c1-7-9(6-13)11(17-15-7)14-5-4-8-2-3-10(12)16-8/h2-3,14H,4-5H2,1H3. The van der Waals surface area contributed by atoms with Crippen LogP contribution in [0.25, 0.3) is 0 Å². The molecule has 88 valence electrons. The summed E-state index contributed by atoms with van der Waals surface area (Å²) in [6.07, 6.45) is 0.902. The lowest BCUT2D eigenvalue weighted by Gasteiger charge is -2.01. The van der Waals surface area contributed by atoms with Crippen LogP contribution in [0.5, 0.6) is 0 Å². The molecule has 0 saturated heterocycles. The topological polar surface area (TPSA) is 48.7 Å². The Morgan fingerprint density at radius 2 is 2.35 bits per heavy atom. The van der Waals surface area contributed by atoms with Crippen molar-refractivity contribution in [3.63, 3.8) is 0 Å². The van der Waals surface area contributed by atoms with E-state index in [9.17, 15) is 0 Å². The predicted molar refractivity (Wildman–Crippen MR) is 73.1 cm³/mol. The molecule has 17 heavy (non-hydrogen) atoms. The van der Waals surface area contributed by atoms with Gasteiger partial charge in [0, 0.05) is 11.4 Å². The number of thiophene rings is 1. The van der Waals surface area contributed by atoms with Crippen LogP contribution in [0, 0.1) is 18.3 Å². The van der Waals surface area contributed by atoms with E-state index in [2.05, 4.69) is 15.8 Å². The molecule has 6 heteroatoms. The summed E-state index contributed by atoms with van der Waals surface area (Å²) in [4.78, 5) is 1.24. The molecular formula is C11H10ClN3S2. The van der Waals surface area contributed by atoms with Crippen LogP contribution < -0.4 is 5.32 Å². The third kappa shape index (κ3) is 2.97. The van der Waals surface area contributed by atoms with Gasteiger partial charge in [0.2, 0.25) is 0 Å². The van der Waals surface area contributed by atoms with Crippen LogP contribution in [0.15, 0.2) is 12.1 Å². The van der Waals surface area contributed by atoms with E-state index in [4.69, 9.17) is 16.9 Å². The molecule has 0 saturated carbocycles. The largest absolute Gasteiger partial charge is 0.374 e. The lowest BCUT2D eigenvalue weighted by atomic mass is 10.3. The zero-order valence-corrected chi connectivity index (χ0v) is 11.5. The van der Waals surface area contributed by atoms with Crippen LogP contribution in [-0.4, -0.2) is 10.9 Å². The van der Waals surface area contributed by atoms with Gasteiger partial charge in [0.25, 0.3) is 0 Å². The number of nitriles is 1. The molecule has 2 aromatic heterocycles. The normalized spacial score (nSPS) is 10.2. The molecule has 0 aliphatic rings. The fraction of sp³-hybridized carbons (Fsp3) is 0.273. The van der Waals surface area contributed by atoms with Crippen LogP contribution in [0.4, 0.5) is 5.00 Å². The monoisotopic (exact) mass is 283 g/mol. The highest BCUT2D eigenvalue weighted by Gasteiger charge is 2.09. The minimum absolute atomic E-state index is 0.652. The first kappa shape index (κ1) is 12.4. The van der Waals surface area contributed by atoms with Crippen LogP contribution >= 0.6 is 34.5 Å². The number of nitrogens with zero attached hydrogens (tertiary/aromatic N) is 2.